The molecule has 0 aromatic rings. The number of hydrogen-bond acceptors (Lipinski definition) is 6. The molecule has 1 saturated heterocycles. The van der Waals surface area contributed by atoms with Gasteiger partial charge in [0.15, 0.2) is 5.78 Å². The van der Waals surface area contributed by atoms with Gasteiger partial charge in [-0.3, -0.25) is 19.2 Å². The zero-order chi connectivity index (χ0) is 17.8. The van der Waals surface area contributed by atoms with Crippen LogP contribution in [-0.2, 0) is 28.7 Å². The lowest BCUT2D eigenvalue weighted by molar-refractivity contribution is -0.161. The molecule has 4 aliphatic carbocycles. The monoisotopic (exact) mass is 346 g/mol. The molecule has 25 heavy (non-hydrogen) atoms. The second-order valence-corrected chi connectivity index (χ2v) is 8.86. The summed E-state index contributed by atoms with van der Waals surface area (Å²) < 4.78 is 11.1. The third-order valence-corrected chi connectivity index (χ3v) is 8.26. The van der Waals surface area contributed by atoms with Crippen LogP contribution < -0.4 is 0 Å². The van der Waals surface area contributed by atoms with Crippen molar-refractivity contribution >= 4 is 23.5 Å². The van der Waals surface area contributed by atoms with Crippen LogP contribution in [0.4, 0.5) is 0 Å². The fourth-order valence-corrected chi connectivity index (χ4v) is 7.41. The molecule has 7 atom stereocenters. The summed E-state index contributed by atoms with van der Waals surface area (Å²) in [4.78, 5) is 50.9. The van der Waals surface area contributed by atoms with Gasteiger partial charge < -0.3 is 9.47 Å². The Labute approximate surface area is 145 Å². The van der Waals surface area contributed by atoms with Crippen molar-refractivity contribution in [3.8, 4) is 0 Å². The Balaban J connectivity index is 1.76. The number of rotatable bonds is 1. The smallest absolute Gasteiger partial charge is 0.320 e. The first kappa shape index (κ1) is 15.5. The fourth-order valence-electron chi connectivity index (χ4n) is 7.41. The van der Waals surface area contributed by atoms with Crippen LogP contribution in [-0.4, -0.2) is 36.2 Å². The fraction of sp³-hybridized carbons (Fsp3) is 0.789. The van der Waals surface area contributed by atoms with Gasteiger partial charge in [0.25, 0.3) is 0 Å². The van der Waals surface area contributed by atoms with E-state index in [2.05, 4.69) is 0 Å². The van der Waals surface area contributed by atoms with Crippen LogP contribution in [0, 0.1) is 34.5 Å². The second-order valence-electron chi connectivity index (χ2n) is 8.86. The standard InChI is InChI=1S/C19H22O6/c1-17-12(21)5-6-19(25-16(17)23)11-4-3-9-7-18(11,8-10(9)20)13(14(17)19)15(22)24-2/h9,11,13-14H,3-8H2,1-2H3/t9-,11-,13-,14-,17+,18-,19-/m1/s1. The maximum absolute atomic E-state index is 12.9. The zero-order valence-corrected chi connectivity index (χ0v) is 14.5. The molecular formula is C19H22O6. The average Bonchev–Trinajstić information content (AvgIpc) is 3.05. The Morgan fingerprint density at radius 1 is 1.24 bits per heavy atom. The Kier molecular flexibility index (Phi) is 2.69. The number of carbonyl (C=O) groups is 4. The highest BCUT2D eigenvalue weighted by atomic mass is 16.6. The van der Waals surface area contributed by atoms with Gasteiger partial charge in [-0.2, -0.15) is 0 Å². The summed E-state index contributed by atoms with van der Waals surface area (Å²) in [6, 6.07) is 0. The molecule has 5 fully saturated rings. The van der Waals surface area contributed by atoms with Gasteiger partial charge in [0, 0.05) is 30.6 Å². The topological polar surface area (TPSA) is 86.7 Å². The van der Waals surface area contributed by atoms with Crippen molar-refractivity contribution < 1.29 is 28.7 Å². The summed E-state index contributed by atoms with van der Waals surface area (Å²) in [5, 5.41) is 0. The number of ether oxygens (including phenoxy) is 2. The van der Waals surface area contributed by atoms with Crippen LogP contribution in [0.3, 0.4) is 0 Å². The number of Topliss-reactive ketones (excluding diaryl/α,β-unsaturated/α-hetero) is 2. The predicted octanol–water partition coefficient (Wildman–Crippen LogP) is 1.45. The third kappa shape index (κ3) is 1.42. The summed E-state index contributed by atoms with van der Waals surface area (Å²) >= 11 is 0. The van der Waals surface area contributed by atoms with Crippen molar-refractivity contribution in [2.75, 3.05) is 7.11 Å². The number of methoxy groups -OCH3 is 1. The van der Waals surface area contributed by atoms with E-state index in [1.165, 1.54) is 7.11 Å². The zero-order valence-electron chi connectivity index (χ0n) is 14.5. The molecule has 1 spiro atoms. The van der Waals surface area contributed by atoms with E-state index in [1.807, 2.05) is 0 Å². The molecule has 1 heterocycles. The molecule has 0 amide bonds. The highest BCUT2D eigenvalue weighted by molar-refractivity contribution is 6.07. The molecule has 6 nitrogen and oxygen atoms in total. The molecular weight excluding hydrogens is 324 g/mol. The molecule has 6 heteroatoms. The largest absolute Gasteiger partial charge is 0.469 e. The van der Waals surface area contributed by atoms with Crippen molar-refractivity contribution in [3.63, 3.8) is 0 Å². The molecule has 0 N–H and O–H groups in total. The van der Waals surface area contributed by atoms with E-state index in [0.29, 0.717) is 25.7 Å². The van der Waals surface area contributed by atoms with E-state index in [4.69, 9.17) is 9.47 Å². The lowest BCUT2D eigenvalue weighted by Crippen LogP contribution is -2.51. The summed E-state index contributed by atoms with van der Waals surface area (Å²) in [5.41, 5.74) is -2.58. The van der Waals surface area contributed by atoms with Gasteiger partial charge in [-0.25, -0.2) is 0 Å². The first-order chi connectivity index (χ1) is 11.8. The van der Waals surface area contributed by atoms with Gasteiger partial charge in [0.05, 0.1) is 13.0 Å². The number of esters is 2. The summed E-state index contributed by atoms with van der Waals surface area (Å²) in [7, 11) is 1.34. The van der Waals surface area contributed by atoms with E-state index in [9.17, 15) is 19.2 Å². The lowest BCUT2D eigenvalue weighted by Gasteiger charge is -2.43. The SMILES string of the molecule is COC(=O)[C@H]1[C@@H]2[C@]3(C)C(=O)CC[C@@]2(OC3=O)[C@@H]2CC[C@@H]3C[C@@]21CC3=O. The first-order valence-corrected chi connectivity index (χ1v) is 9.18. The van der Waals surface area contributed by atoms with E-state index in [1.54, 1.807) is 6.92 Å². The number of carbonyl (C=O) groups excluding carboxylic acids is 4. The minimum Gasteiger partial charge on any atom is -0.469 e. The van der Waals surface area contributed by atoms with Crippen LogP contribution in [0.2, 0.25) is 0 Å². The molecule has 0 unspecified atom stereocenters. The van der Waals surface area contributed by atoms with Gasteiger partial charge in [0.1, 0.15) is 16.8 Å². The number of hydrogen-bond donors (Lipinski definition) is 0. The minimum atomic E-state index is -1.29. The summed E-state index contributed by atoms with van der Waals surface area (Å²) in [6.07, 6.45) is 3.35. The van der Waals surface area contributed by atoms with E-state index in [-0.39, 0.29) is 23.4 Å². The second kappa shape index (κ2) is 4.33. The van der Waals surface area contributed by atoms with Crippen LogP contribution in [0.25, 0.3) is 0 Å². The predicted molar refractivity (Wildman–Crippen MR) is 83.1 cm³/mol. The quantitative estimate of drug-likeness (QED) is 0.527. The van der Waals surface area contributed by atoms with Gasteiger partial charge >= 0.3 is 11.9 Å². The molecule has 4 bridgehead atoms. The number of ketones is 2. The van der Waals surface area contributed by atoms with E-state index in [0.717, 1.165) is 12.8 Å². The van der Waals surface area contributed by atoms with Crippen LogP contribution in [0.15, 0.2) is 0 Å². The van der Waals surface area contributed by atoms with Crippen molar-refractivity contribution in [1.29, 1.82) is 0 Å². The van der Waals surface area contributed by atoms with Gasteiger partial charge in [-0.15, -0.1) is 0 Å². The highest BCUT2D eigenvalue weighted by Gasteiger charge is 2.83. The van der Waals surface area contributed by atoms with Gasteiger partial charge in [-0.1, -0.05) is 0 Å². The first-order valence-electron chi connectivity index (χ1n) is 9.18. The van der Waals surface area contributed by atoms with E-state index < -0.39 is 40.2 Å². The maximum Gasteiger partial charge on any atom is 0.320 e. The van der Waals surface area contributed by atoms with Crippen molar-refractivity contribution in [3.05, 3.63) is 0 Å². The maximum atomic E-state index is 12.9. The minimum absolute atomic E-state index is 0.00213. The van der Waals surface area contributed by atoms with Crippen LogP contribution in [0.5, 0.6) is 0 Å². The van der Waals surface area contributed by atoms with Crippen molar-refractivity contribution in [1.82, 2.24) is 0 Å². The Morgan fingerprint density at radius 3 is 2.72 bits per heavy atom. The highest BCUT2D eigenvalue weighted by Crippen LogP contribution is 2.76. The third-order valence-electron chi connectivity index (χ3n) is 8.26. The van der Waals surface area contributed by atoms with Crippen LogP contribution >= 0.6 is 0 Å². The number of fused-ring (bicyclic) bond motifs is 1. The van der Waals surface area contributed by atoms with Gasteiger partial charge in [0.2, 0.25) is 0 Å². The molecule has 5 aliphatic rings. The molecule has 0 aromatic carbocycles. The summed E-state index contributed by atoms with van der Waals surface area (Å²) in [6.45, 7) is 1.64. The molecule has 0 aromatic heterocycles. The lowest BCUT2D eigenvalue weighted by atomic mass is 9.59. The molecule has 0 radical (unpaired) electrons. The van der Waals surface area contributed by atoms with Gasteiger partial charge in [-0.05, 0) is 38.0 Å². The van der Waals surface area contributed by atoms with E-state index >= 15 is 0 Å². The van der Waals surface area contributed by atoms with Crippen LogP contribution in [0.1, 0.15) is 45.4 Å². The molecule has 1 aliphatic heterocycles. The molecule has 4 saturated carbocycles. The van der Waals surface area contributed by atoms with Crippen molar-refractivity contribution in [2.45, 2.75) is 51.0 Å². The molecule has 134 valence electrons. The summed E-state index contributed by atoms with van der Waals surface area (Å²) in [5.74, 6) is -1.96. The average molecular weight is 346 g/mol. The Morgan fingerprint density at radius 2 is 2.00 bits per heavy atom. The Hall–Kier alpha value is -1.72. The van der Waals surface area contributed by atoms with Crippen molar-refractivity contribution in [2.24, 2.45) is 34.5 Å². The normalized spacial score (nSPS) is 52.6. The Bertz CT molecular complexity index is 742. The molecule has 5 rings (SSSR count).